The molecule has 34 heavy (non-hydrogen) atoms. The zero-order chi connectivity index (χ0) is 23.2. The van der Waals surface area contributed by atoms with Crippen LogP contribution in [0.3, 0.4) is 0 Å². The van der Waals surface area contributed by atoms with Crippen molar-refractivity contribution in [2.75, 3.05) is 16.9 Å². The molecule has 1 aliphatic heterocycles. The van der Waals surface area contributed by atoms with Crippen molar-refractivity contribution in [2.45, 2.75) is 25.9 Å². The van der Waals surface area contributed by atoms with Crippen LogP contribution in [-0.2, 0) is 6.54 Å². The van der Waals surface area contributed by atoms with Gasteiger partial charge in [0.1, 0.15) is 5.75 Å². The van der Waals surface area contributed by atoms with Crippen LogP contribution in [0.5, 0.6) is 5.75 Å². The molecule has 0 radical (unpaired) electrons. The minimum absolute atomic E-state index is 0.184. The molecule has 0 unspecified atom stereocenters. The average Bonchev–Trinajstić information content (AvgIpc) is 3.35. The molecule has 1 heterocycles. The molecular weight excluding hydrogens is 418 g/mol. The molecule has 4 aromatic carbocycles. The summed E-state index contributed by atoms with van der Waals surface area (Å²) in [7, 11) is 0. The Balaban J connectivity index is 1.33. The van der Waals surface area contributed by atoms with Crippen molar-refractivity contribution in [1.29, 1.82) is 0 Å². The van der Waals surface area contributed by atoms with Crippen LogP contribution in [-0.4, -0.2) is 12.3 Å². The zero-order valence-electron chi connectivity index (χ0n) is 19.4. The third-order valence-corrected chi connectivity index (χ3v) is 6.06. The fourth-order valence-corrected chi connectivity index (χ4v) is 4.29. The Bertz CT molecular complexity index is 1220. The number of anilines is 2. The highest BCUT2D eigenvalue weighted by Gasteiger charge is 2.29. The van der Waals surface area contributed by atoms with E-state index in [1.54, 1.807) is 0 Å². The van der Waals surface area contributed by atoms with Crippen LogP contribution in [0.15, 0.2) is 114 Å². The van der Waals surface area contributed by atoms with E-state index >= 15 is 0 Å². The van der Waals surface area contributed by atoms with Gasteiger partial charge in [0, 0.05) is 18.7 Å². The molecular formula is C30H29N3O. The maximum Gasteiger partial charge on any atom is 0.119 e. The van der Waals surface area contributed by atoms with Crippen molar-refractivity contribution in [2.24, 2.45) is 5.10 Å². The first-order chi connectivity index (χ1) is 16.8. The molecule has 4 aromatic rings. The van der Waals surface area contributed by atoms with Gasteiger partial charge in [0.05, 0.1) is 24.0 Å². The van der Waals surface area contributed by atoms with Crippen molar-refractivity contribution in [3.63, 3.8) is 0 Å². The molecule has 0 amide bonds. The molecule has 4 nitrogen and oxygen atoms in total. The van der Waals surface area contributed by atoms with E-state index in [2.05, 4.69) is 89.2 Å². The van der Waals surface area contributed by atoms with Crippen LogP contribution in [0, 0.1) is 0 Å². The van der Waals surface area contributed by atoms with Crippen LogP contribution in [0.2, 0.25) is 0 Å². The zero-order valence-corrected chi connectivity index (χ0v) is 19.4. The summed E-state index contributed by atoms with van der Waals surface area (Å²) in [5.41, 5.74) is 6.98. The number of hydrogen-bond donors (Lipinski definition) is 1. The maximum absolute atomic E-state index is 5.52. The summed E-state index contributed by atoms with van der Waals surface area (Å²) in [6, 6.07) is 38.1. The lowest BCUT2D eigenvalue weighted by molar-refractivity contribution is 0.340. The predicted octanol–water partition coefficient (Wildman–Crippen LogP) is 7.05. The molecule has 1 N–H and O–H groups in total. The second-order valence-electron chi connectivity index (χ2n) is 8.37. The fourth-order valence-electron chi connectivity index (χ4n) is 4.29. The summed E-state index contributed by atoms with van der Waals surface area (Å²) in [6.07, 6.45) is 0.884. The van der Waals surface area contributed by atoms with Crippen molar-refractivity contribution in [3.8, 4) is 5.75 Å². The fraction of sp³-hybridized carbons (Fsp3) is 0.167. The van der Waals surface area contributed by atoms with E-state index in [0.717, 1.165) is 35.8 Å². The normalized spacial score (nSPS) is 15.1. The Hall–Kier alpha value is -4.05. The van der Waals surface area contributed by atoms with Crippen LogP contribution in [0.1, 0.15) is 36.1 Å². The molecule has 1 atom stereocenters. The summed E-state index contributed by atoms with van der Waals surface area (Å²) in [5, 5.41) is 10.7. The highest BCUT2D eigenvalue weighted by atomic mass is 16.5. The summed E-state index contributed by atoms with van der Waals surface area (Å²) in [4.78, 5) is 0. The van der Waals surface area contributed by atoms with Gasteiger partial charge < -0.3 is 10.1 Å². The molecule has 1 aliphatic rings. The number of benzene rings is 4. The first kappa shape index (κ1) is 21.8. The Morgan fingerprint density at radius 1 is 0.824 bits per heavy atom. The van der Waals surface area contributed by atoms with Crippen molar-refractivity contribution >= 4 is 17.1 Å². The molecule has 0 aromatic heterocycles. The monoisotopic (exact) mass is 447 g/mol. The molecule has 0 bridgehead atoms. The molecule has 0 aliphatic carbocycles. The van der Waals surface area contributed by atoms with Crippen LogP contribution in [0.25, 0.3) is 0 Å². The lowest BCUT2D eigenvalue weighted by atomic mass is 9.98. The number of rotatable bonds is 8. The third kappa shape index (κ3) is 4.96. The second kappa shape index (κ2) is 10.3. The van der Waals surface area contributed by atoms with E-state index in [9.17, 15) is 0 Å². The summed E-state index contributed by atoms with van der Waals surface area (Å²) >= 11 is 0. The number of hydrazone groups is 1. The number of nitrogens with zero attached hydrogens (tertiary/aromatic N) is 2. The Morgan fingerprint density at radius 3 is 2.18 bits per heavy atom. The Kier molecular flexibility index (Phi) is 6.57. The smallest absolute Gasteiger partial charge is 0.119 e. The predicted molar refractivity (Wildman–Crippen MR) is 141 cm³/mol. The van der Waals surface area contributed by atoms with Crippen LogP contribution >= 0.6 is 0 Å². The molecule has 0 fully saturated rings. The molecule has 170 valence electrons. The molecule has 0 saturated carbocycles. The number of ether oxygens (including phenoxy) is 1. The van der Waals surface area contributed by atoms with Gasteiger partial charge in [-0.25, -0.2) is 0 Å². The molecule has 4 heteroatoms. The quantitative estimate of drug-likeness (QED) is 0.314. The number of nitrogens with one attached hydrogen (secondary N) is 1. The van der Waals surface area contributed by atoms with Crippen molar-refractivity contribution in [1.82, 2.24) is 0 Å². The van der Waals surface area contributed by atoms with Gasteiger partial charge in [0.2, 0.25) is 0 Å². The van der Waals surface area contributed by atoms with Gasteiger partial charge in [0.25, 0.3) is 0 Å². The van der Waals surface area contributed by atoms with Crippen molar-refractivity contribution in [3.05, 3.63) is 126 Å². The van der Waals surface area contributed by atoms with Crippen LogP contribution < -0.4 is 15.1 Å². The topological polar surface area (TPSA) is 36.9 Å². The van der Waals surface area contributed by atoms with Gasteiger partial charge >= 0.3 is 0 Å². The van der Waals surface area contributed by atoms with Crippen molar-refractivity contribution < 1.29 is 4.74 Å². The maximum atomic E-state index is 5.52. The SMILES string of the molecule is CCOc1ccc(NCc2ccc(N3N=C(c4ccccc4)C[C@@H]3c3ccccc3)cc2)cc1. The van der Waals surface area contributed by atoms with E-state index in [1.165, 1.54) is 16.7 Å². The van der Waals surface area contributed by atoms with Gasteiger partial charge in [0.15, 0.2) is 0 Å². The molecule has 5 rings (SSSR count). The highest BCUT2D eigenvalue weighted by molar-refractivity contribution is 6.03. The Labute approximate surface area is 201 Å². The number of hydrogen-bond acceptors (Lipinski definition) is 4. The van der Waals surface area contributed by atoms with E-state index in [1.807, 2.05) is 37.3 Å². The highest BCUT2D eigenvalue weighted by Crippen LogP contribution is 2.36. The third-order valence-electron chi connectivity index (χ3n) is 6.06. The van der Waals surface area contributed by atoms with Gasteiger partial charge in [-0.1, -0.05) is 72.8 Å². The Morgan fingerprint density at radius 2 is 1.50 bits per heavy atom. The van der Waals surface area contributed by atoms with Gasteiger partial charge in [-0.15, -0.1) is 0 Å². The second-order valence-corrected chi connectivity index (χ2v) is 8.37. The molecule has 0 saturated heterocycles. The minimum atomic E-state index is 0.184. The average molecular weight is 448 g/mol. The summed E-state index contributed by atoms with van der Waals surface area (Å²) < 4.78 is 5.52. The van der Waals surface area contributed by atoms with E-state index in [4.69, 9.17) is 9.84 Å². The van der Waals surface area contributed by atoms with Crippen LogP contribution in [0.4, 0.5) is 11.4 Å². The standard InChI is InChI=1S/C30H29N3O/c1-2-34-28-19-15-26(16-20-28)31-22-23-13-17-27(18-14-23)33-30(25-11-7-4-8-12-25)21-29(32-33)24-9-5-3-6-10-24/h3-20,30-31H,2,21-22H2,1H3/t30-/m1/s1. The first-order valence-electron chi connectivity index (χ1n) is 11.8. The largest absolute Gasteiger partial charge is 0.494 e. The lowest BCUT2D eigenvalue weighted by Crippen LogP contribution is -2.18. The lowest BCUT2D eigenvalue weighted by Gasteiger charge is -2.24. The van der Waals surface area contributed by atoms with E-state index in [0.29, 0.717) is 6.61 Å². The summed E-state index contributed by atoms with van der Waals surface area (Å²) in [6.45, 7) is 3.43. The minimum Gasteiger partial charge on any atom is -0.494 e. The summed E-state index contributed by atoms with van der Waals surface area (Å²) in [5.74, 6) is 0.895. The van der Waals surface area contributed by atoms with Gasteiger partial charge in [-0.3, -0.25) is 5.01 Å². The van der Waals surface area contributed by atoms with E-state index in [-0.39, 0.29) is 6.04 Å². The van der Waals surface area contributed by atoms with Gasteiger partial charge in [-0.05, 0) is 60.0 Å². The first-order valence-corrected chi connectivity index (χ1v) is 11.8. The van der Waals surface area contributed by atoms with E-state index < -0.39 is 0 Å². The molecule has 0 spiro atoms. The van der Waals surface area contributed by atoms with Gasteiger partial charge in [-0.2, -0.15) is 5.10 Å².